The minimum Gasteiger partial charge on any atom is -0.476 e. The first-order valence-corrected chi connectivity index (χ1v) is 6.62. The molecule has 0 radical (unpaired) electrons. The van der Waals surface area contributed by atoms with Crippen molar-refractivity contribution in [3.8, 4) is 0 Å². The molecule has 0 bridgehead atoms. The minimum atomic E-state index is -1.12. The molecule has 0 aliphatic heterocycles. The Kier molecular flexibility index (Phi) is 3.87. The van der Waals surface area contributed by atoms with Gasteiger partial charge < -0.3 is 10.4 Å². The quantitative estimate of drug-likeness (QED) is 0.870. The van der Waals surface area contributed by atoms with E-state index in [4.69, 9.17) is 5.11 Å². The van der Waals surface area contributed by atoms with Crippen molar-refractivity contribution in [2.45, 2.75) is 51.6 Å². The van der Waals surface area contributed by atoms with Crippen molar-refractivity contribution in [2.75, 3.05) is 0 Å². The average molecular weight is 265 g/mol. The van der Waals surface area contributed by atoms with E-state index >= 15 is 0 Å². The van der Waals surface area contributed by atoms with Crippen LogP contribution in [0, 0.1) is 0 Å². The summed E-state index contributed by atoms with van der Waals surface area (Å²) in [6.45, 7) is 3.73. The van der Waals surface area contributed by atoms with Crippen LogP contribution in [0.1, 0.15) is 66.5 Å². The van der Waals surface area contributed by atoms with Crippen LogP contribution >= 0.6 is 0 Å². The molecule has 2 N–H and O–H groups in total. The molecule has 1 heterocycles. The van der Waals surface area contributed by atoms with Gasteiger partial charge in [-0.2, -0.15) is 5.10 Å². The number of carboxylic acids is 1. The number of hydrogen-bond acceptors (Lipinski definition) is 3. The van der Waals surface area contributed by atoms with Crippen LogP contribution in [-0.4, -0.2) is 32.8 Å². The molecule has 1 fully saturated rings. The normalized spacial score (nSPS) is 15.9. The molecule has 2 rings (SSSR count). The molecule has 19 heavy (non-hydrogen) atoms. The number of aromatic carboxylic acids is 1. The lowest BCUT2D eigenvalue weighted by Crippen LogP contribution is -2.34. The van der Waals surface area contributed by atoms with Crippen LogP contribution in [0.5, 0.6) is 0 Å². The number of hydrogen-bond donors (Lipinski definition) is 2. The van der Waals surface area contributed by atoms with Crippen LogP contribution in [0.15, 0.2) is 6.07 Å². The number of nitrogens with zero attached hydrogens (tertiary/aromatic N) is 2. The number of carbonyl (C=O) groups is 2. The lowest BCUT2D eigenvalue weighted by Gasteiger charge is -2.14. The minimum absolute atomic E-state index is 0.0579. The molecule has 0 atom stereocenters. The van der Waals surface area contributed by atoms with Crippen molar-refractivity contribution in [1.29, 1.82) is 0 Å². The number of rotatable bonds is 4. The van der Waals surface area contributed by atoms with Crippen molar-refractivity contribution in [1.82, 2.24) is 15.1 Å². The van der Waals surface area contributed by atoms with Gasteiger partial charge in [0.1, 0.15) is 5.69 Å². The van der Waals surface area contributed by atoms with E-state index in [1.165, 1.54) is 10.7 Å². The molecule has 6 nitrogen and oxygen atoms in total. The van der Waals surface area contributed by atoms with Gasteiger partial charge in [0.2, 0.25) is 0 Å². The van der Waals surface area contributed by atoms with E-state index in [0.29, 0.717) is 5.69 Å². The summed E-state index contributed by atoms with van der Waals surface area (Å²) in [5, 5.41) is 15.9. The topological polar surface area (TPSA) is 84.2 Å². The number of carbonyl (C=O) groups excluding carboxylic acids is 1. The summed E-state index contributed by atoms with van der Waals surface area (Å²) in [6, 6.07) is 1.49. The van der Waals surface area contributed by atoms with E-state index in [0.717, 1.165) is 25.7 Å². The number of carboxylic acid groups (broad SMARTS) is 1. The second kappa shape index (κ2) is 5.42. The predicted molar refractivity (Wildman–Crippen MR) is 69.3 cm³/mol. The van der Waals surface area contributed by atoms with E-state index in [9.17, 15) is 9.59 Å². The molecule has 1 saturated carbocycles. The third kappa shape index (κ3) is 2.94. The van der Waals surface area contributed by atoms with Crippen molar-refractivity contribution in [3.05, 3.63) is 17.5 Å². The van der Waals surface area contributed by atoms with Gasteiger partial charge in [0.15, 0.2) is 5.69 Å². The SMILES string of the molecule is CC(C)n1nc(C(=O)O)cc1C(=O)NC1CCCC1. The van der Waals surface area contributed by atoms with Gasteiger partial charge in [-0.05, 0) is 26.7 Å². The van der Waals surface area contributed by atoms with Gasteiger partial charge in [-0.25, -0.2) is 4.79 Å². The summed E-state index contributed by atoms with van der Waals surface area (Å²) < 4.78 is 1.47. The molecule has 0 aromatic carbocycles. The zero-order valence-electron chi connectivity index (χ0n) is 11.2. The first-order valence-electron chi connectivity index (χ1n) is 6.62. The van der Waals surface area contributed by atoms with Gasteiger partial charge in [-0.1, -0.05) is 12.8 Å². The third-order valence-corrected chi connectivity index (χ3v) is 3.37. The standard InChI is InChI=1S/C13H19N3O3/c1-8(2)16-11(7-10(15-16)13(18)19)12(17)14-9-5-3-4-6-9/h7-9H,3-6H2,1-2H3,(H,14,17)(H,18,19). The number of aromatic nitrogens is 2. The lowest BCUT2D eigenvalue weighted by molar-refractivity contribution is 0.0689. The van der Waals surface area contributed by atoms with Crippen LogP contribution < -0.4 is 5.32 Å². The first-order chi connectivity index (χ1) is 8.99. The largest absolute Gasteiger partial charge is 0.476 e. The molecule has 1 aromatic rings. The molecular formula is C13H19N3O3. The monoisotopic (exact) mass is 265 g/mol. The lowest BCUT2D eigenvalue weighted by atomic mass is 10.2. The molecule has 0 unspecified atom stereocenters. The third-order valence-electron chi connectivity index (χ3n) is 3.37. The maximum Gasteiger partial charge on any atom is 0.356 e. The van der Waals surface area contributed by atoms with Crippen LogP contribution in [0.25, 0.3) is 0 Å². The number of amides is 1. The van der Waals surface area contributed by atoms with E-state index in [1.54, 1.807) is 0 Å². The van der Waals surface area contributed by atoms with Gasteiger partial charge in [0.05, 0.1) is 0 Å². The summed E-state index contributed by atoms with van der Waals surface area (Å²) in [7, 11) is 0. The second-order valence-electron chi connectivity index (χ2n) is 5.21. The Bertz CT molecular complexity index is 487. The zero-order valence-corrected chi connectivity index (χ0v) is 11.2. The van der Waals surface area contributed by atoms with Gasteiger partial charge in [-0.3, -0.25) is 9.48 Å². The molecule has 1 aliphatic carbocycles. The molecule has 0 saturated heterocycles. The fraction of sp³-hybridized carbons (Fsp3) is 0.615. The molecule has 6 heteroatoms. The zero-order chi connectivity index (χ0) is 14.0. The summed E-state index contributed by atoms with van der Waals surface area (Å²) >= 11 is 0. The fourth-order valence-electron chi connectivity index (χ4n) is 2.39. The Labute approximate surface area is 111 Å². The molecule has 1 amide bonds. The Morgan fingerprint density at radius 2 is 2.05 bits per heavy atom. The van der Waals surface area contributed by atoms with Crippen LogP contribution in [-0.2, 0) is 0 Å². The summed E-state index contributed by atoms with van der Waals surface area (Å²) in [6.07, 6.45) is 4.25. The van der Waals surface area contributed by atoms with Gasteiger partial charge in [0.25, 0.3) is 5.91 Å². The Balaban J connectivity index is 2.21. The molecule has 1 aliphatic rings. The maximum absolute atomic E-state index is 12.2. The molecule has 104 valence electrons. The van der Waals surface area contributed by atoms with Gasteiger partial charge in [-0.15, -0.1) is 0 Å². The van der Waals surface area contributed by atoms with Crippen molar-refractivity contribution < 1.29 is 14.7 Å². The smallest absolute Gasteiger partial charge is 0.356 e. The summed E-state index contributed by atoms with van der Waals surface area (Å²) in [4.78, 5) is 23.1. The van der Waals surface area contributed by atoms with Crippen molar-refractivity contribution in [3.63, 3.8) is 0 Å². The average Bonchev–Trinajstić information content (AvgIpc) is 2.96. The highest BCUT2D eigenvalue weighted by molar-refractivity contribution is 5.95. The van der Waals surface area contributed by atoms with Crippen molar-refractivity contribution >= 4 is 11.9 Å². The van der Waals surface area contributed by atoms with Crippen LogP contribution in [0.4, 0.5) is 0 Å². The highest BCUT2D eigenvalue weighted by atomic mass is 16.4. The molecular weight excluding hydrogens is 246 g/mol. The predicted octanol–water partition coefficient (Wildman–Crippen LogP) is 1.83. The van der Waals surface area contributed by atoms with Crippen LogP contribution in [0.2, 0.25) is 0 Å². The van der Waals surface area contributed by atoms with Crippen molar-refractivity contribution in [2.24, 2.45) is 0 Å². The Hall–Kier alpha value is -1.85. The summed E-state index contributed by atoms with van der Waals surface area (Å²) in [5.41, 5.74) is 0.226. The first kappa shape index (κ1) is 13.6. The molecule has 1 aromatic heterocycles. The van der Waals surface area contributed by atoms with Gasteiger partial charge in [0, 0.05) is 18.2 Å². The van der Waals surface area contributed by atoms with Crippen LogP contribution in [0.3, 0.4) is 0 Å². The van der Waals surface area contributed by atoms with E-state index in [1.807, 2.05) is 13.8 Å². The van der Waals surface area contributed by atoms with E-state index in [-0.39, 0.29) is 23.7 Å². The Morgan fingerprint density at radius 1 is 1.42 bits per heavy atom. The number of nitrogens with one attached hydrogen (secondary N) is 1. The summed E-state index contributed by atoms with van der Waals surface area (Å²) in [5.74, 6) is -1.35. The maximum atomic E-state index is 12.2. The Morgan fingerprint density at radius 3 is 2.58 bits per heavy atom. The molecule has 0 spiro atoms. The van der Waals surface area contributed by atoms with Gasteiger partial charge >= 0.3 is 5.97 Å². The van der Waals surface area contributed by atoms with E-state index in [2.05, 4.69) is 10.4 Å². The highest BCUT2D eigenvalue weighted by Gasteiger charge is 2.23. The van der Waals surface area contributed by atoms with E-state index < -0.39 is 5.97 Å². The second-order valence-corrected chi connectivity index (χ2v) is 5.21. The highest BCUT2D eigenvalue weighted by Crippen LogP contribution is 2.19. The fourth-order valence-corrected chi connectivity index (χ4v) is 2.39.